The molecule has 11 heteroatoms. The first-order chi connectivity index (χ1) is 22.7. The van der Waals surface area contributed by atoms with E-state index in [1.807, 2.05) is 42.5 Å². The average Bonchev–Trinajstić information content (AvgIpc) is 3.32. The molecule has 2 heterocycles. The summed E-state index contributed by atoms with van der Waals surface area (Å²) < 4.78 is 12.4. The summed E-state index contributed by atoms with van der Waals surface area (Å²) in [5.41, 5.74) is 3.90. The molecule has 3 aliphatic rings. The lowest BCUT2D eigenvalue weighted by molar-refractivity contribution is -0.384. The van der Waals surface area contributed by atoms with E-state index in [1.54, 1.807) is 12.1 Å². The quantitative estimate of drug-likeness (QED) is 0.0817. The Labute approximate surface area is 273 Å². The molecule has 4 atom stereocenters. The molecule has 2 fully saturated rings. The molecule has 2 saturated heterocycles. The molecule has 2 amide bonds. The van der Waals surface area contributed by atoms with Gasteiger partial charge in [0.1, 0.15) is 18.1 Å². The molecule has 3 aromatic carbocycles. The fraction of sp³-hybridized carbons (Fsp3) is 0.333. The van der Waals surface area contributed by atoms with Gasteiger partial charge in [-0.05, 0) is 85.0 Å². The van der Waals surface area contributed by atoms with Crippen molar-refractivity contribution in [1.29, 1.82) is 0 Å². The van der Waals surface area contributed by atoms with Crippen molar-refractivity contribution in [1.82, 2.24) is 0 Å². The van der Waals surface area contributed by atoms with Crippen LogP contribution in [0.1, 0.15) is 44.6 Å². The summed E-state index contributed by atoms with van der Waals surface area (Å²) in [7, 11) is -1.13. The summed E-state index contributed by atoms with van der Waals surface area (Å²) in [6, 6.07) is 22.0. The summed E-state index contributed by atoms with van der Waals surface area (Å²) in [5, 5.41) is 32.2. The molecule has 242 valence electrons. The van der Waals surface area contributed by atoms with Crippen LogP contribution in [0.25, 0.3) is 6.08 Å². The van der Waals surface area contributed by atoms with Crippen molar-refractivity contribution in [3.05, 3.63) is 111 Å². The maximum Gasteiger partial charge on any atom is 0.455 e. The van der Waals surface area contributed by atoms with Gasteiger partial charge in [-0.3, -0.25) is 19.7 Å². The monoisotopic (exact) mass is 636 g/mol. The van der Waals surface area contributed by atoms with E-state index in [0.29, 0.717) is 18.6 Å². The van der Waals surface area contributed by atoms with Crippen LogP contribution in [0.4, 0.5) is 11.4 Å². The SMILES string of the molecule is CCC/C(=C\c1ccc(O)cc1)CC[C@H]1OB(O)C[C@H]2C1=C(COc1ccccc1)C[C@H]1C(=O)N(c3cccc([N+](=O)[O-])c3)C(=O)[C@H]12. The van der Waals surface area contributed by atoms with Gasteiger partial charge < -0.3 is 19.5 Å². The van der Waals surface area contributed by atoms with Crippen LogP contribution in [0, 0.1) is 27.9 Å². The highest BCUT2D eigenvalue weighted by Crippen LogP contribution is 2.51. The summed E-state index contributed by atoms with van der Waals surface area (Å²) in [5.74, 6) is -1.85. The van der Waals surface area contributed by atoms with Gasteiger partial charge in [0.2, 0.25) is 11.8 Å². The zero-order valence-corrected chi connectivity index (χ0v) is 26.2. The van der Waals surface area contributed by atoms with Crippen LogP contribution in [0.3, 0.4) is 0 Å². The third-order valence-corrected chi connectivity index (χ3v) is 9.33. The van der Waals surface area contributed by atoms with Crippen LogP contribution in [-0.2, 0) is 14.2 Å². The summed E-state index contributed by atoms with van der Waals surface area (Å²) in [6.45, 7) is 2.30. The van der Waals surface area contributed by atoms with Gasteiger partial charge in [0.05, 0.1) is 28.6 Å². The van der Waals surface area contributed by atoms with Gasteiger partial charge in [-0.1, -0.05) is 61.4 Å². The van der Waals surface area contributed by atoms with Crippen LogP contribution in [0.5, 0.6) is 11.5 Å². The molecule has 0 radical (unpaired) electrons. The number of non-ortho nitro benzene ring substituents is 1. The number of aromatic hydroxyl groups is 1. The van der Waals surface area contributed by atoms with Crippen molar-refractivity contribution in [3.63, 3.8) is 0 Å². The molecule has 0 saturated carbocycles. The van der Waals surface area contributed by atoms with Gasteiger partial charge in [-0.15, -0.1) is 0 Å². The fourth-order valence-corrected chi connectivity index (χ4v) is 7.30. The van der Waals surface area contributed by atoms with E-state index in [0.717, 1.165) is 34.5 Å². The summed E-state index contributed by atoms with van der Waals surface area (Å²) >= 11 is 0. The molecule has 0 unspecified atom stereocenters. The molecule has 0 bridgehead atoms. The van der Waals surface area contributed by atoms with E-state index in [1.165, 1.54) is 29.8 Å². The number of phenolic OH excluding ortho intramolecular Hbond substituents is 1. The Kier molecular flexibility index (Phi) is 9.56. The number of amides is 2. The lowest BCUT2D eigenvalue weighted by Crippen LogP contribution is -2.46. The third kappa shape index (κ3) is 6.87. The van der Waals surface area contributed by atoms with E-state index in [2.05, 4.69) is 13.0 Å². The molecule has 1 aliphatic carbocycles. The van der Waals surface area contributed by atoms with Crippen molar-refractivity contribution in [2.45, 2.75) is 51.5 Å². The number of nitro groups is 1. The first-order valence-corrected chi connectivity index (χ1v) is 16.1. The Balaban J connectivity index is 1.33. The van der Waals surface area contributed by atoms with E-state index >= 15 is 0 Å². The number of fused-ring (bicyclic) bond motifs is 3. The standard InChI is InChI=1S/C36H37BN2O8/c1-2-7-23(18-24-12-15-28(40)16-13-24)14-17-32-33-25(22-46-29-10-4-3-5-11-29)19-30-34(31(33)21-37(43)47-32)36(42)38(35(30)41)26-8-6-9-27(20-26)39(44)45/h3-6,8-13,15-16,18,20,30-32,34,40,43H,2,7,14,17,19,21-22H2,1H3/b23-18+/t30-,31+,32-,34-/m1/s1. The highest BCUT2D eigenvalue weighted by molar-refractivity contribution is 6.43. The van der Waals surface area contributed by atoms with Gasteiger partial charge in [-0.2, -0.15) is 0 Å². The number of ether oxygens (including phenoxy) is 1. The number of rotatable bonds is 11. The van der Waals surface area contributed by atoms with E-state index in [9.17, 15) is 29.8 Å². The molecule has 6 rings (SSSR count). The molecular formula is C36H37BN2O8. The minimum Gasteiger partial charge on any atom is -0.508 e. The maximum atomic E-state index is 14.1. The number of allylic oxidation sites excluding steroid dienone is 1. The molecule has 0 aromatic heterocycles. The van der Waals surface area contributed by atoms with Crippen molar-refractivity contribution in [3.8, 4) is 11.5 Å². The predicted octanol–water partition coefficient (Wildman–Crippen LogP) is 6.34. The van der Waals surface area contributed by atoms with E-state index in [4.69, 9.17) is 9.39 Å². The number of phenols is 1. The number of hydrogen-bond acceptors (Lipinski definition) is 8. The average molecular weight is 637 g/mol. The number of imide groups is 1. The van der Waals surface area contributed by atoms with E-state index in [-0.39, 0.29) is 36.5 Å². The largest absolute Gasteiger partial charge is 0.508 e. The molecule has 0 spiro atoms. The van der Waals surface area contributed by atoms with Gasteiger partial charge in [0.25, 0.3) is 5.69 Å². The second kappa shape index (κ2) is 13.9. The lowest BCUT2D eigenvalue weighted by atomic mass is 9.58. The molecule has 10 nitrogen and oxygen atoms in total. The van der Waals surface area contributed by atoms with Crippen LogP contribution in [-0.4, -0.2) is 46.7 Å². The predicted molar refractivity (Wildman–Crippen MR) is 178 cm³/mol. The highest BCUT2D eigenvalue weighted by Gasteiger charge is 2.57. The zero-order chi connectivity index (χ0) is 33.1. The number of nitro benzene ring substituents is 1. The molecule has 2 aliphatic heterocycles. The van der Waals surface area contributed by atoms with Crippen molar-refractivity contribution in [2.75, 3.05) is 11.5 Å². The lowest BCUT2D eigenvalue weighted by Gasteiger charge is -2.43. The van der Waals surface area contributed by atoms with Gasteiger partial charge in [0, 0.05) is 12.1 Å². The zero-order valence-electron chi connectivity index (χ0n) is 26.2. The van der Waals surface area contributed by atoms with Crippen LogP contribution >= 0.6 is 0 Å². The Bertz CT molecular complexity index is 1710. The minimum atomic E-state index is -1.13. The van der Waals surface area contributed by atoms with E-state index < -0.39 is 47.7 Å². The van der Waals surface area contributed by atoms with Gasteiger partial charge >= 0.3 is 7.12 Å². The van der Waals surface area contributed by atoms with Crippen molar-refractivity contribution < 1.29 is 34.0 Å². The Morgan fingerprint density at radius 1 is 1.04 bits per heavy atom. The summed E-state index contributed by atoms with van der Waals surface area (Å²) in [4.78, 5) is 40.0. The number of nitrogens with zero attached hydrogens (tertiary/aromatic N) is 2. The molecular weight excluding hydrogens is 599 g/mol. The second-order valence-electron chi connectivity index (χ2n) is 12.4. The molecule has 3 aromatic rings. The number of carbonyl (C=O) groups excluding carboxylic acids is 2. The normalized spacial score (nSPS) is 22.7. The van der Waals surface area contributed by atoms with Gasteiger partial charge in [-0.25, -0.2) is 4.90 Å². The number of benzene rings is 3. The van der Waals surface area contributed by atoms with Crippen LogP contribution in [0.15, 0.2) is 95.6 Å². The Hall–Kier alpha value is -4.74. The van der Waals surface area contributed by atoms with Crippen LogP contribution in [0.2, 0.25) is 6.32 Å². The number of para-hydroxylation sites is 1. The second-order valence-corrected chi connectivity index (χ2v) is 12.4. The molecule has 2 N–H and O–H groups in total. The third-order valence-electron chi connectivity index (χ3n) is 9.33. The van der Waals surface area contributed by atoms with Crippen molar-refractivity contribution in [2.24, 2.45) is 17.8 Å². The number of hydrogen-bond donors (Lipinski definition) is 2. The number of carbonyl (C=O) groups is 2. The van der Waals surface area contributed by atoms with Crippen LogP contribution < -0.4 is 9.64 Å². The minimum absolute atomic E-state index is 0.148. The highest BCUT2D eigenvalue weighted by atomic mass is 16.6. The van der Waals surface area contributed by atoms with Crippen molar-refractivity contribution >= 4 is 36.4 Å². The smallest absolute Gasteiger partial charge is 0.455 e. The fourth-order valence-electron chi connectivity index (χ4n) is 7.30. The summed E-state index contributed by atoms with van der Waals surface area (Å²) in [6.07, 6.45) is 5.06. The maximum absolute atomic E-state index is 14.1. The number of anilines is 1. The first kappa shape index (κ1) is 32.2. The first-order valence-electron chi connectivity index (χ1n) is 16.1. The topological polar surface area (TPSA) is 139 Å². The Morgan fingerprint density at radius 3 is 2.53 bits per heavy atom. The van der Waals surface area contributed by atoms with Gasteiger partial charge in [0.15, 0.2) is 0 Å². The Morgan fingerprint density at radius 2 is 1.81 bits per heavy atom. The molecule has 47 heavy (non-hydrogen) atoms.